The molecule has 0 aromatic heterocycles. The van der Waals surface area contributed by atoms with Crippen molar-refractivity contribution < 1.29 is 27.2 Å². The van der Waals surface area contributed by atoms with E-state index in [0.29, 0.717) is 16.4 Å². The molecule has 192 valence electrons. The molecule has 1 N–H and O–H groups in total. The molecule has 0 bridgehead atoms. The third kappa shape index (κ3) is 5.54. The summed E-state index contributed by atoms with van der Waals surface area (Å²) in [6, 6.07) is 19.3. The number of halogens is 1. The van der Waals surface area contributed by atoms with Crippen LogP contribution < -0.4 is 5.32 Å². The molecule has 1 atom stereocenters. The molecule has 0 saturated carbocycles. The van der Waals surface area contributed by atoms with E-state index in [1.807, 2.05) is 30.3 Å². The van der Waals surface area contributed by atoms with Gasteiger partial charge in [0.15, 0.2) is 0 Å². The Morgan fingerprint density at radius 2 is 1.59 bits per heavy atom. The minimum absolute atomic E-state index is 0.00931. The van der Waals surface area contributed by atoms with Crippen LogP contribution in [0.4, 0.5) is 4.39 Å². The molecule has 0 aliphatic carbocycles. The van der Waals surface area contributed by atoms with E-state index in [2.05, 4.69) is 5.32 Å². The zero-order valence-corrected chi connectivity index (χ0v) is 20.9. The van der Waals surface area contributed by atoms with Crippen LogP contribution in [0, 0.1) is 5.82 Å². The Balaban J connectivity index is 1.70. The molecule has 10 heteroatoms. The van der Waals surface area contributed by atoms with E-state index < -0.39 is 46.1 Å². The number of carbonyl (C=O) groups is 3. The molecule has 3 amide bonds. The zero-order chi connectivity index (χ0) is 26.6. The lowest BCUT2D eigenvalue weighted by Gasteiger charge is -2.32. The van der Waals surface area contributed by atoms with Crippen molar-refractivity contribution >= 4 is 27.7 Å². The van der Waals surface area contributed by atoms with Gasteiger partial charge in [0.2, 0.25) is 11.8 Å². The van der Waals surface area contributed by atoms with Gasteiger partial charge in [0.1, 0.15) is 23.3 Å². The van der Waals surface area contributed by atoms with Crippen LogP contribution in [0.5, 0.6) is 0 Å². The van der Waals surface area contributed by atoms with Crippen LogP contribution in [0.3, 0.4) is 0 Å². The summed E-state index contributed by atoms with van der Waals surface area (Å²) in [4.78, 5) is 40.9. The summed E-state index contributed by atoms with van der Waals surface area (Å²) < 4.78 is 40.2. The average Bonchev–Trinajstić information content (AvgIpc) is 3.08. The van der Waals surface area contributed by atoms with Crippen LogP contribution in [0.1, 0.15) is 28.4 Å². The van der Waals surface area contributed by atoms with Crippen molar-refractivity contribution in [1.29, 1.82) is 0 Å². The number of nitrogens with zero attached hydrogens (tertiary/aromatic N) is 2. The fourth-order valence-electron chi connectivity index (χ4n) is 4.23. The molecule has 3 aromatic carbocycles. The van der Waals surface area contributed by atoms with Gasteiger partial charge in [-0.3, -0.25) is 14.4 Å². The second kappa shape index (κ2) is 10.9. The van der Waals surface area contributed by atoms with Gasteiger partial charge in [0, 0.05) is 19.5 Å². The topological polar surface area (TPSA) is 104 Å². The normalized spacial score (nSPS) is 14.6. The summed E-state index contributed by atoms with van der Waals surface area (Å²) >= 11 is 0. The van der Waals surface area contributed by atoms with Crippen molar-refractivity contribution in [2.75, 3.05) is 13.1 Å². The summed E-state index contributed by atoms with van der Waals surface area (Å²) in [5.74, 6) is -2.43. The fourth-order valence-corrected chi connectivity index (χ4v) is 5.75. The highest BCUT2D eigenvalue weighted by atomic mass is 32.2. The molecule has 0 unspecified atom stereocenters. The number of likely N-dealkylation sites (N-methyl/N-ethyl adjacent to an activating group) is 1. The SMILES string of the molecule is CCNC(=O)[C@@H](Cc1ccccc1)N(Cc1ccc(F)cc1)C(=O)CN1C(=O)c2ccccc2S1(=O)=O. The van der Waals surface area contributed by atoms with E-state index in [9.17, 15) is 27.2 Å². The number of amides is 3. The van der Waals surface area contributed by atoms with E-state index in [1.54, 1.807) is 13.0 Å². The maximum Gasteiger partial charge on any atom is 0.269 e. The minimum atomic E-state index is -4.23. The predicted molar refractivity (Wildman–Crippen MR) is 134 cm³/mol. The lowest BCUT2D eigenvalue weighted by atomic mass is 10.0. The van der Waals surface area contributed by atoms with Crippen molar-refractivity contribution in [3.63, 3.8) is 0 Å². The van der Waals surface area contributed by atoms with Crippen LogP contribution >= 0.6 is 0 Å². The number of hydrogen-bond donors (Lipinski definition) is 1. The Morgan fingerprint density at radius 1 is 0.946 bits per heavy atom. The number of nitrogens with one attached hydrogen (secondary N) is 1. The first kappa shape index (κ1) is 26.0. The smallest absolute Gasteiger partial charge is 0.269 e. The number of hydrogen-bond acceptors (Lipinski definition) is 5. The third-order valence-corrected chi connectivity index (χ3v) is 7.87. The first-order valence-corrected chi connectivity index (χ1v) is 13.2. The van der Waals surface area contributed by atoms with Gasteiger partial charge in [-0.05, 0) is 42.3 Å². The summed E-state index contributed by atoms with van der Waals surface area (Å²) in [5.41, 5.74) is 1.31. The molecule has 0 radical (unpaired) electrons. The van der Waals surface area contributed by atoms with Gasteiger partial charge in [-0.15, -0.1) is 0 Å². The molecule has 8 nitrogen and oxygen atoms in total. The molecule has 4 rings (SSSR count). The van der Waals surface area contributed by atoms with Crippen LogP contribution in [-0.2, 0) is 32.6 Å². The van der Waals surface area contributed by atoms with Gasteiger partial charge in [0.25, 0.3) is 15.9 Å². The molecule has 1 aliphatic heterocycles. The quantitative estimate of drug-likeness (QED) is 0.465. The fraction of sp³-hybridized carbons (Fsp3) is 0.222. The Hall–Kier alpha value is -4.05. The van der Waals surface area contributed by atoms with Crippen LogP contribution in [0.25, 0.3) is 0 Å². The van der Waals surface area contributed by atoms with E-state index in [4.69, 9.17) is 0 Å². The molecule has 0 saturated heterocycles. The first-order chi connectivity index (χ1) is 17.7. The molecule has 37 heavy (non-hydrogen) atoms. The predicted octanol–water partition coefficient (Wildman–Crippen LogP) is 2.75. The molecular formula is C27H26FN3O5S. The molecule has 0 spiro atoms. The number of rotatable bonds is 9. The van der Waals surface area contributed by atoms with Crippen LogP contribution in [0.2, 0.25) is 0 Å². The van der Waals surface area contributed by atoms with Gasteiger partial charge < -0.3 is 10.2 Å². The highest BCUT2D eigenvalue weighted by Crippen LogP contribution is 2.30. The molecular weight excluding hydrogens is 497 g/mol. The van der Waals surface area contributed by atoms with Crippen molar-refractivity contribution in [3.8, 4) is 0 Å². The van der Waals surface area contributed by atoms with Crippen molar-refractivity contribution in [2.24, 2.45) is 0 Å². The second-order valence-corrected chi connectivity index (χ2v) is 10.4. The van der Waals surface area contributed by atoms with E-state index in [0.717, 1.165) is 5.56 Å². The van der Waals surface area contributed by atoms with Crippen molar-refractivity contribution in [3.05, 3.63) is 101 Å². The summed E-state index contributed by atoms with van der Waals surface area (Å²) in [6.45, 7) is 1.19. The summed E-state index contributed by atoms with van der Waals surface area (Å²) in [6.07, 6.45) is 0.153. The third-order valence-electron chi connectivity index (χ3n) is 6.08. The highest BCUT2D eigenvalue weighted by Gasteiger charge is 2.43. The van der Waals surface area contributed by atoms with Gasteiger partial charge in [0.05, 0.1) is 5.56 Å². The van der Waals surface area contributed by atoms with Crippen molar-refractivity contribution in [2.45, 2.75) is 30.8 Å². The van der Waals surface area contributed by atoms with Crippen molar-refractivity contribution in [1.82, 2.24) is 14.5 Å². The Kier molecular flexibility index (Phi) is 7.68. The lowest BCUT2D eigenvalue weighted by Crippen LogP contribution is -2.53. The number of fused-ring (bicyclic) bond motifs is 1. The molecule has 0 fully saturated rings. The van der Waals surface area contributed by atoms with Gasteiger partial charge in [-0.1, -0.05) is 54.6 Å². The standard InChI is InChI=1S/C27H26FN3O5S/c1-2-29-26(33)23(16-19-8-4-3-5-9-19)30(17-20-12-14-21(28)15-13-20)25(32)18-31-27(34)22-10-6-7-11-24(22)37(31,35)36/h3-15,23H,2,16-18H2,1H3,(H,29,33)/t23-/m1/s1. The Bertz CT molecular complexity index is 1410. The maximum absolute atomic E-state index is 13.7. The van der Waals surface area contributed by atoms with Gasteiger partial charge in [-0.25, -0.2) is 17.1 Å². The number of carbonyl (C=O) groups excluding carboxylic acids is 3. The molecule has 3 aromatic rings. The second-order valence-electron chi connectivity index (χ2n) is 8.56. The molecule has 1 aliphatic rings. The van der Waals surface area contributed by atoms with Crippen LogP contribution in [0.15, 0.2) is 83.8 Å². The number of sulfonamides is 1. The van der Waals surface area contributed by atoms with E-state index >= 15 is 0 Å². The van der Waals surface area contributed by atoms with Gasteiger partial charge in [-0.2, -0.15) is 0 Å². The number of benzene rings is 3. The minimum Gasteiger partial charge on any atom is -0.355 e. The van der Waals surface area contributed by atoms with Crippen LogP contribution in [-0.4, -0.2) is 54.5 Å². The van der Waals surface area contributed by atoms with E-state index in [1.165, 1.54) is 47.4 Å². The first-order valence-electron chi connectivity index (χ1n) is 11.7. The highest BCUT2D eigenvalue weighted by molar-refractivity contribution is 7.90. The Morgan fingerprint density at radius 3 is 2.24 bits per heavy atom. The zero-order valence-electron chi connectivity index (χ0n) is 20.1. The molecule has 1 heterocycles. The van der Waals surface area contributed by atoms with E-state index in [-0.39, 0.29) is 23.4 Å². The van der Waals surface area contributed by atoms with Gasteiger partial charge >= 0.3 is 0 Å². The average molecular weight is 524 g/mol. The Labute approximate surface area is 214 Å². The lowest BCUT2D eigenvalue weighted by molar-refractivity contribution is -0.141. The summed E-state index contributed by atoms with van der Waals surface area (Å²) in [5, 5.41) is 2.74. The maximum atomic E-state index is 13.7. The summed E-state index contributed by atoms with van der Waals surface area (Å²) in [7, 11) is -4.23. The monoisotopic (exact) mass is 523 g/mol. The largest absolute Gasteiger partial charge is 0.355 e.